The van der Waals surface area contributed by atoms with E-state index in [1.807, 2.05) is 43.3 Å². The second kappa shape index (κ2) is 5.11. The predicted octanol–water partition coefficient (Wildman–Crippen LogP) is 1.61. The highest BCUT2D eigenvalue weighted by Gasteiger charge is 1.90. The summed E-state index contributed by atoms with van der Waals surface area (Å²) in [4.78, 5) is 1.86. The highest BCUT2D eigenvalue weighted by Crippen LogP contribution is 2.14. The summed E-state index contributed by atoms with van der Waals surface area (Å²) >= 11 is 0. The molecule has 14 heavy (non-hydrogen) atoms. The van der Waals surface area contributed by atoms with Gasteiger partial charge < -0.3 is 9.64 Å². The van der Waals surface area contributed by atoms with Crippen molar-refractivity contribution in [2.75, 3.05) is 26.6 Å². The zero-order valence-corrected chi connectivity index (χ0v) is 8.69. The summed E-state index contributed by atoms with van der Waals surface area (Å²) in [5.41, 5.74) is 3.83. The third kappa shape index (κ3) is 3.35. The molecule has 0 radical (unpaired) electrons. The number of hydrogen-bond donors (Lipinski definition) is 1. The molecule has 0 amide bonds. The maximum Gasteiger partial charge on any atom is 0.119 e. The third-order valence-electron chi connectivity index (χ3n) is 1.57. The SMILES string of the molecule is COc1ccc(NN=CN(C)C)cc1. The van der Waals surface area contributed by atoms with Crippen LogP contribution < -0.4 is 10.2 Å². The van der Waals surface area contributed by atoms with Crippen LogP contribution in [0.15, 0.2) is 29.4 Å². The summed E-state index contributed by atoms with van der Waals surface area (Å²) in [6.07, 6.45) is 1.70. The molecule has 1 aromatic carbocycles. The van der Waals surface area contributed by atoms with Crippen LogP contribution in [0.4, 0.5) is 5.69 Å². The van der Waals surface area contributed by atoms with Gasteiger partial charge in [0.1, 0.15) is 12.1 Å². The van der Waals surface area contributed by atoms with Gasteiger partial charge in [0, 0.05) is 14.1 Å². The van der Waals surface area contributed by atoms with Crippen molar-refractivity contribution in [2.45, 2.75) is 0 Å². The van der Waals surface area contributed by atoms with Crippen LogP contribution in [0.25, 0.3) is 0 Å². The van der Waals surface area contributed by atoms with Gasteiger partial charge in [-0.2, -0.15) is 5.10 Å². The van der Waals surface area contributed by atoms with Crippen LogP contribution in [0.2, 0.25) is 0 Å². The molecule has 1 N–H and O–H groups in total. The first-order valence-electron chi connectivity index (χ1n) is 4.32. The lowest BCUT2D eigenvalue weighted by Gasteiger charge is -2.04. The Bertz CT molecular complexity index is 293. The van der Waals surface area contributed by atoms with E-state index in [0.717, 1.165) is 11.4 Å². The van der Waals surface area contributed by atoms with Crippen molar-refractivity contribution in [2.24, 2.45) is 5.10 Å². The van der Waals surface area contributed by atoms with Crippen molar-refractivity contribution in [3.8, 4) is 5.75 Å². The third-order valence-corrected chi connectivity index (χ3v) is 1.57. The molecule has 0 aliphatic carbocycles. The number of hydrogen-bond acceptors (Lipinski definition) is 3. The van der Waals surface area contributed by atoms with Gasteiger partial charge in [-0.3, -0.25) is 5.43 Å². The zero-order chi connectivity index (χ0) is 10.4. The van der Waals surface area contributed by atoms with Gasteiger partial charge in [-0.25, -0.2) is 0 Å². The monoisotopic (exact) mass is 193 g/mol. The maximum absolute atomic E-state index is 5.04. The molecule has 4 heteroatoms. The van der Waals surface area contributed by atoms with Crippen molar-refractivity contribution >= 4 is 12.0 Å². The van der Waals surface area contributed by atoms with Crippen molar-refractivity contribution < 1.29 is 4.74 Å². The Balaban J connectivity index is 2.52. The fraction of sp³-hybridized carbons (Fsp3) is 0.300. The molecule has 0 spiro atoms. The fourth-order valence-corrected chi connectivity index (χ4v) is 0.884. The van der Waals surface area contributed by atoms with Crippen molar-refractivity contribution in [1.29, 1.82) is 0 Å². The topological polar surface area (TPSA) is 36.9 Å². The van der Waals surface area contributed by atoms with Crippen LogP contribution in [0.1, 0.15) is 0 Å². The van der Waals surface area contributed by atoms with Crippen LogP contribution in [-0.2, 0) is 0 Å². The Morgan fingerprint density at radius 1 is 1.29 bits per heavy atom. The molecule has 0 atom stereocenters. The lowest BCUT2D eigenvalue weighted by atomic mass is 10.3. The van der Waals surface area contributed by atoms with Gasteiger partial charge in [-0.15, -0.1) is 0 Å². The molecule has 0 saturated heterocycles. The highest BCUT2D eigenvalue weighted by atomic mass is 16.5. The molecule has 0 heterocycles. The first-order valence-corrected chi connectivity index (χ1v) is 4.32. The molecule has 0 aliphatic heterocycles. The number of rotatable bonds is 4. The van der Waals surface area contributed by atoms with E-state index in [1.165, 1.54) is 0 Å². The standard InChI is InChI=1S/C10H15N3O/c1-13(2)8-11-12-9-4-6-10(14-3)7-5-9/h4-8,12H,1-3H3. The molecule has 0 aliphatic rings. The van der Waals surface area contributed by atoms with E-state index in [2.05, 4.69) is 10.5 Å². The second-order valence-electron chi connectivity index (χ2n) is 3.05. The Morgan fingerprint density at radius 3 is 2.43 bits per heavy atom. The summed E-state index contributed by atoms with van der Waals surface area (Å²) in [5.74, 6) is 0.840. The minimum Gasteiger partial charge on any atom is -0.497 e. The van der Waals surface area contributed by atoms with Gasteiger partial charge in [0.05, 0.1) is 12.8 Å². The molecule has 0 unspecified atom stereocenters. The molecule has 0 bridgehead atoms. The molecule has 0 saturated carbocycles. The van der Waals surface area contributed by atoms with Crippen LogP contribution in [-0.4, -0.2) is 32.4 Å². The molecule has 0 fully saturated rings. The quantitative estimate of drug-likeness (QED) is 0.448. The van der Waals surface area contributed by atoms with Crippen LogP contribution in [0.5, 0.6) is 5.75 Å². The Morgan fingerprint density at radius 2 is 1.93 bits per heavy atom. The first-order chi connectivity index (χ1) is 6.72. The Kier molecular flexibility index (Phi) is 3.79. The van der Waals surface area contributed by atoms with E-state index in [9.17, 15) is 0 Å². The van der Waals surface area contributed by atoms with E-state index in [0.29, 0.717) is 0 Å². The smallest absolute Gasteiger partial charge is 0.119 e. The van der Waals surface area contributed by atoms with Gasteiger partial charge in [-0.05, 0) is 24.3 Å². The largest absolute Gasteiger partial charge is 0.497 e. The fourth-order valence-electron chi connectivity index (χ4n) is 0.884. The number of ether oxygens (including phenoxy) is 1. The normalized spacial score (nSPS) is 10.2. The van der Waals surface area contributed by atoms with E-state index in [1.54, 1.807) is 13.4 Å². The van der Waals surface area contributed by atoms with E-state index < -0.39 is 0 Å². The van der Waals surface area contributed by atoms with E-state index >= 15 is 0 Å². The lowest BCUT2D eigenvalue weighted by molar-refractivity contribution is 0.415. The number of benzene rings is 1. The first kappa shape index (κ1) is 10.4. The van der Waals surface area contributed by atoms with Gasteiger partial charge >= 0.3 is 0 Å². The molecular formula is C10H15N3O. The summed E-state index contributed by atoms with van der Waals surface area (Å²) in [5, 5.41) is 4.01. The minimum atomic E-state index is 0.840. The molecule has 0 aromatic heterocycles. The van der Waals surface area contributed by atoms with Gasteiger partial charge in [0.2, 0.25) is 0 Å². The molecule has 1 aromatic rings. The molecule has 76 valence electrons. The minimum absolute atomic E-state index is 0.840. The van der Waals surface area contributed by atoms with Crippen LogP contribution in [0.3, 0.4) is 0 Å². The predicted molar refractivity (Wildman–Crippen MR) is 58.8 cm³/mol. The average molecular weight is 193 g/mol. The number of anilines is 1. The number of nitrogens with zero attached hydrogens (tertiary/aromatic N) is 2. The lowest BCUT2D eigenvalue weighted by Crippen LogP contribution is -2.09. The Labute approximate surface area is 84.2 Å². The summed E-state index contributed by atoms with van der Waals surface area (Å²) < 4.78 is 5.04. The summed E-state index contributed by atoms with van der Waals surface area (Å²) in [6.45, 7) is 0. The van der Waals surface area contributed by atoms with Gasteiger partial charge in [-0.1, -0.05) is 0 Å². The van der Waals surface area contributed by atoms with Gasteiger partial charge in [0.15, 0.2) is 0 Å². The highest BCUT2D eigenvalue weighted by molar-refractivity contribution is 5.57. The average Bonchev–Trinajstić information content (AvgIpc) is 2.18. The van der Waals surface area contributed by atoms with Crippen LogP contribution in [0, 0.1) is 0 Å². The number of methoxy groups -OCH3 is 1. The summed E-state index contributed by atoms with van der Waals surface area (Å²) in [7, 11) is 5.48. The second-order valence-corrected chi connectivity index (χ2v) is 3.05. The van der Waals surface area contributed by atoms with Crippen molar-refractivity contribution in [1.82, 2.24) is 4.90 Å². The van der Waals surface area contributed by atoms with Crippen molar-refractivity contribution in [3.05, 3.63) is 24.3 Å². The molecule has 1 rings (SSSR count). The molecule has 4 nitrogen and oxygen atoms in total. The van der Waals surface area contributed by atoms with E-state index in [4.69, 9.17) is 4.74 Å². The molecular weight excluding hydrogens is 178 g/mol. The zero-order valence-electron chi connectivity index (χ0n) is 8.69. The van der Waals surface area contributed by atoms with Gasteiger partial charge in [0.25, 0.3) is 0 Å². The number of hydrazone groups is 1. The maximum atomic E-state index is 5.04. The Hall–Kier alpha value is -1.71. The van der Waals surface area contributed by atoms with E-state index in [-0.39, 0.29) is 0 Å². The number of nitrogens with one attached hydrogen (secondary N) is 1. The summed E-state index contributed by atoms with van der Waals surface area (Å²) in [6, 6.07) is 7.58. The van der Waals surface area contributed by atoms with Crippen LogP contribution >= 0.6 is 0 Å². The van der Waals surface area contributed by atoms with Crippen molar-refractivity contribution in [3.63, 3.8) is 0 Å².